The largest absolute Gasteiger partial charge is 0.493 e. The molecular formula is C17H18FN5O2. The summed E-state index contributed by atoms with van der Waals surface area (Å²) in [6, 6.07) is 2.91. The van der Waals surface area contributed by atoms with Crippen molar-refractivity contribution < 1.29 is 13.9 Å². The minimum absolute atomic E-state index is 0.00530. The standard InChI is InChI=1S/C17H18FN5O2/c1-22-8-11(7-20-22)13-3-4-14(15(18)16(13)25-2)17(24)21-12-5-6-23(9-12)10-19/h3-4,7-8,12H,5-6,9H2,1-2H3,(H,21,24)/t12-/m1/s1. The van der Waals surface area contributed by atoms with Crippen molar-refractivity contribution in [2.45, 2.75) is 12.5 Å². The molecule has 130 valence electrons. The highest BCUT2D eigenvalue weighted by Gasteiger charge is 2.26. The zero-order valence-corrected chi connectivity index (χ0v) is 14.0. The fraction of sp³-hybridized carbons (Fsp3) is 0.353. The minimum atomic E-state index is -0.712. The molecule has 0 bridgehead atoms. The summed E-state index contributed by atoms with van der Waals surface area (Å²) in [5, 5.41) is 15.7. The molecule has 0 spiro atoms. The van der Waals surface area contributed by atoms with E-state index in [2.05, 4.69) is 10.4 Å². The minimum Gasteiger partial charge on any atom is -0.493 e. The highest BCUT2D eigenvalue weighted by Crippen LogP contribution is 2.33. The number of hydrogen-bond donors (Lipinski definition) is 1. The maximum atomic E-state index is 14.8. The van der Waals surface area contributed by atoms with Crippen molar-refractivity contribution in [1.29, 1.82) is 5.26 Å². The number of rotatable bonds is 4. The van der Waals surface area contributed by atoms with Crippen LogP contribution in [0.3, 0.4) is 0 Å². The van der Waals surface area contributed by atoms with Crippen molar-refractivity contribution in [2.24, 2.45) is 7.05 Å². The molecule has 3 rings (SSSR count). The maximum absolute atomic E-state index is 14.8. The lowest BCUT2D eigenvalue weighted by molar-refractivity contribution is 0.0934. The number of carbonyl (C=O) groups is 1. The number of ether oxygens (including phenoxy) is 1. The van der Waals surface area contributed by atoms with Crippen molar-refractivity contribution in [3.63, 3.8) is 0 Å². The second-order valence-corrected chi connectivity index (χ2v) is 5.92. The summed E-state index contributed by atoms with van der Waals surface area (Å²) in [6.45, 7) is 1.03. The van der Waals surface area contributed by atoms with Gasteiger partial charge in [0, 0.05) is 43.5 Å². The van der Waals surface area contributed by atoms with E-state index in [1.165, 1.54) is 13.2 Å². The molecule has 8 heteroatoms. The summed E-state index contributed by atoms with van der Waals surface area (Å²) in [7, 11) is 3.13. The number of nitrogens with one attached hydrogen (secondary N) is 1. The zero-order chi connectivity index (χ0) is 18.0. The Labute approximate surface area is 144 Å². The van der Waals surface area contributed by atoms with Gasteiger partial charge in [0.2, 0.25) is 0 Å². The van der Waals surface area contributed by atoms with Crippen LogP contribution in [0.15, 0.2) is 24.5 Å². The van der Waals surface area contributed by atoms with Gasteiger partial charge in [0.1, 0.15) is 0 Å². The Morgan fingerprint density at radius 2 is 2.32 bits per heavy atom. The van der Waals surface area contributed by atoms with E-state index in [1.807, 2.05) is 6.19 Å². The summed E-state index contributed by atoms with van der Waals surface area (Å²) in [5.41, 5.74) is 1.15. The molecule has 7 nitrogen and oxygen atoms in total. The van der Waals surface area contributed by atoms with Crippen LogP contribution >= 0.6 is 0 Å². The zero-order valence-electron chi connectivity index (χ0n) is 14.0. The molecule has 1 fully saturated rings. The Hall–Kier alpha value is -3.08. The second-order valence-electron chi connectivity index (χ2n) is 5.92. The number of halogens is 1. The number of amides is 1. The van der Waals surface area contributed by atoms with Gasteiger partial charge < -0.3 is 15.0 Å². The van der Waals surface area contributed by atoms with E-state index in [4.69, 9.17) is 10.00 Å². The van der Waals surface area contributed by atoms with Gasteiger partial charge in [0.15, 0.2) is 17.8 Å². The number of methoxy groups -OCH3 is 1. The van der Waals surface area contributed by atoms with Crippen LogP contribution in [-0.2, 0) is 7.05 Å². The fourth-order valence-electron chi connectivity index (χ4n) is 2.95. The summed E-state index contributed by atoms with van der Waals surface area (Å²) < 4.78 is 21.6. The van der Waals surface area contributed by atoms with E-state index in [-0.39, 0.29) is 17.4 Å². The van der Waals surface area contributed by atoms with E-state index in [0.29, 0.717) is 30.6 Å². The Morgan fingerprint density at radius 3 is 2.92 bits per heavy atom. The summed E-state index contributed by atoms with van der Waals surface area (Å²) >= 11 is 0. The third-order valence-electron chi connectivity index (χ3n) is 4.23. The van der Waals surface area contributed by atoms with Crippen LogP contribution in [0, 0.1) is 17.3 Å². The molecule has 2 aromatic rings. The lowest BCUT2D eigenvalue weighted by Gasteiger charge is -2.15. The Bertz CT molecular complexity index is 842. The molecule has 0 radical (unpaired) electrons. The first-order valence-electron chi connectivity index (χ1n) is 7.84. The van der Waals surface area contributed by atoms with Gasteiger partial charge in [-0.2, -0.15) is 10.4 Å². The van der Waals surface area contributed by atoms with Gasteiger partial charge in [-0.05, 0) is 18.6 Å². The predicted octanol–water partition coefficient (Wildman–Crippen LogP) is 1.52. The van der Waals surface area contributed by atoms with Gasteiger partial charge >= 0.3 is 0 Å². The fourth-order valence-corrected chi connectivity index (χ4v) is 2.95. The molecule has 0 aliphatic carbocycles. The number of carbonyl (C=O) groups excluding carboxylic acids is 1. The number of benzene rings is 1. The molecule has 1 aromatic heterocycles. The van der Waals surface area contributed by atoms with Crippen molar-refractivity contribution in [3.8, 4) is 23.1 Å². The molecule has 1 aromatic carbocycles. The molecule has 1 atom stereocenters. The van der Waals surface area contributed by atoms with Gasteiger partial charge in [-0.15, -0.1) is 0 Å². The number of likely N-dealkylation sites (tertiary alicyclic amines) is 1. The van der Waals surface area contributed by atoms with Crippen LogP contribution in [-0.4, -0.2) is 46.8 Å². The second kappa shape index (κ2) is 6.81. The van der Waals surface area contributed by atoms with E-state index in [0.717, 1.165) is 0 Å². The first kappa shape index (κ1) is 16.8. The molecule has 1 N–H and O–H groups in total. The van der Waals surface area contributed by atoms with Crippen molar-refractivity contribution in [2.75, 3.05) is 20.2 Å². The van der Waals surface area contributed by atoms with Crippen molar-refractivity contribution in [3.05, 3.63) is 35.9 Å². The number of aryl methyl sites for hydroxylation is 1. The van der Waals surface area contributed by atoms with Crippen LogP contribution in [0.5, 0.6) is 5.75 Å². The number of nitrogens with zero attached hydrogens (tertiary/aromatic N) is 4. The Kier molecular flexibility index (Phi) is 4.57. The van der Waals surface area contributed by atoms with Gasteiger partial charge in [-0.3, -0.25) is 9.48 Å². The van der Waals surface area contributed by atoms with Crippen LogP contribution < -0.4 is 10.1 Å². The molecule has 1 aliphatic heterocycles. The first-order valence-corrected chi connectivity index (χ1v) is 7.84. The number of aromatic nitrogens is 2. The van der Waals surface area contributed by atoms with Crippen LogP contribution in [0.4, 0.5) is 4.39 Å². The van der Waals surface area contributed by atoms with E-state index in [1.54, 1.807) is 35.1 Å². The molecule has 1 saturated heterocycles. The third-order valence-corrected chi connectivity index (χ3v) is 4.23. The normalized spacial score (nSPS) is 16.6. The molecule has 2 heterocycles. The molecular weight excluding hydrogens is 325 g/mol. The maximum Gasteiger partial charge on any atom is 0.254 e. The summed E-state index contributed by atoms with van der Waals surface area (Å²) in [4.78, 5) is 14.0. The Balaban J connectivity index is 1.85. The van der Waals surface area contributed by atoms with Crippen LogP contribution in [0.1, 0.15) is 16.8 Å². The van der Waals surface area contributed by atoms with Crippen molar-refractivity contribution >= 4 is 5.91 Å². The van der Waals surface area contributed by atoms with Gasteiger partial charge in [0.25, 0.3) is 5.91 Å². The lowest BCUT2D eigenvalue weighted by atomic mass is 10.0. The van der Waals surface area contributed by atoms with E-state index >= 15 is 0 Å². The highest BCUT2D eigenvalue weighted by molar-refractivity contribution is 5.96. The SMILES string of the molecule is COc1c(-c2cnn(C)c2)ccc(C(=O)N[C@@H]2CCN(C#N)C2)c1F. The van der Waals surface area contributed by atoms with Crippen LogP contribution in [0.2, 0.25) is 0 Å². The smallest absolute Gasteiger partial charge is 0.254 e. The topological polar surface area (TPSA) is 83.2 Å². The molecule has 1 amide bonds. The van der Waals surface area contributed by atoms with Crippen LogP contribution in [0.25, 0.3) is 11.1 Å². The quantitative estimate of drug-likeness (QED) is 0.851. The predicted molar refractivity (Wildman–Crippen MR) is 88.2 cm³/mol. The first-order chi connectivity index (χ1) is 12.0. The van der Waals surface area contributed by atoms with Crippen molar-refractivity contribution in [1.82, 2.24) is 20.0 Å². The summed E-state index contributed by atoms with van der Waals surface area (Å²) in [5.74, 6) is -1.22. The number of nitriles is 1. The summed E-state index contributed by atoms with van der Waals surface area (Å²) in [6.07, 6.45) is 6.05. The Morgan fingerprint density at radius 1 is 1.52 bits per heavy atom. The molecule has 25 heavy (non-hydrogen) atoms. The average molecular weight is 343 g/mol. The average Bonchev–Trinajstić information content (AvgIpc) is 3.23. The van der Waals surface area contributed by atoms with Gasteiger partial charge in [-0.25, -0.2) is 4.39 Å². The van der Waals surface area contributed by atoms with Gasteiger partial charge in [0.05, 0.1) is 18.9 Å². The monoisotopic (exact) mass is 343 g/mol. The third kappa shape index (κ3) is 3.26. The van der Waals surface area contributed by atoms with Gasteiger partial charge in [-0.1, -0.05) is 0 Å². The van der Waals surface area contributed by atoms with E-state index < -0.39 is 11.7 Å². The molecule has 0 unspecified atom stereocenters. The number of hydrogen-bond acceptors (Lipinski definition) is 5. The highest BCUT2D eigenvalue weighted by atomic mass is 19.1. The molecule has 1 aliphatic rings. The lowest BCUT2D eigenvalue weighted by Crippen LogP contribution is -2.36. The van der Waals surface area contributed by atoms with E-state index in [9.17, 15) is 9.18 Å². The molecule has 0 saturated carbocycles.